The number of hydrogen-bond donors (Lipinski definition) is 0. The number of nitrogens with zero attached hydrogens (tertiary/aromatic N) is 4. The maximum atomic E-state index is 5.47. The van der Waals surface area contributed by atoms with Gasteiger partial charge in [0, 0.05) is 18.7 Å². The fourth-order valence-electron chi connectivity index (χ4n) is 2.93. The Morgan fingerprint density at radius 1 is 1.25 bits per heavy atom. The van der Waals surface area contributed by atoms with Crippen LogP contribution >= 0.6 is 12.4 Å². The van der Waals surface area contributed by atoms with E-state index in [0.29, 0.717) is 6.54 Å². The molecule has 1 fully saturated rings. The Balaban J connectivity index is 0.00000208. The smallest absolute Gasteiger partial charge is 0.137 e. The average molecular weight is 353 g/mol. The molecule has 0 radical (unpaired) electrons. The first kappa shape index (κ1) is 18.7. The molecule has 0 amide bonds. The van der Waals surface area contributed by atoms with E-state index >= 15 is 0 Å². The van der Waals surface area contributed by atoms with E-state index in [-0.39, 0.29) is 12.4 Å². The van der Waals surface area contributed by atoms with Crippen molar-refractivity contribution in [2.45, 2.75) is 19.4 Å². The lowest BCUT2D eigenvalue weighted by molar-refractivity contribution is 0.0374. The second-order valence-corrected chi connectivity index (χ2v) is 5.80. The monoisotopic (exact) mass is 352 g/mol. The highest BCUT2D eigenvalue weighted by molar-refractivity contribution is 5.85. The third-order valence-electron chi connectivity index (χ3n) is 4.19. The van der Waals surface area contributed by atoms with Crippen LogP contribution in [0, 0.1) is 0 Å². The zero-order chi connectivity index (χ0) is 15.9. The quantitative estimate of drug-likeness (QED) is 0.763. The number of morpholine rings is 1. The van der Waals surface area contributed by atoms with Crippen LogP contribution in [0.4, 0.5) is 0 Å². The standard InChI is InChI=1S/C17H24N4O2.ClH/c1-22-17-5-4-15(3-2-6-20-7-9-23-10-8-20)11-16(17)12-21-14-18-13-19-21;/h4-5,11,13-14H,2-3,6-10,12H2,1H3;1H. The average Bonchev–Trinajstić information content (AvgIpc) is 3.09. The zero-order valence-corrected chi connectivity index (χ0v) is 14.9. The van der Waals surface area contributed by atoms with Gasteiger partial charge in [0.2, 0.25) is 0 Å². The second-order valence-electron chi connectivity index (χ2n) is 5.80. The van der Waals surface area contributed by atoms with Crippen LogP contribution in [0.2, 0.25) is 0 Å². The third kappa shape index (κ3) is 5.19. The minimum atomic E-state index is 0. The SMILES string of the molecule is COc1ccc(CCCN2CCOCC2)cc1Cn1cncn1.Cl. The van der Waals surface area contributed by atoms with Gasteiger partial charge >= 0.3 is 0 Å². The Morgan fingerprint density at radius 2 is 2.08 bits per heavy atom. The molecule has 0 spiro atoms. The molecule has 1 aliphatic rings. The molecule has 24 heavy (non-hydrogen) atoms. The maximum Gasteiger partial charge on any atom is 0.137 e. The van der Waals surface area contributed by atoms with Crippen molar-refractivity contribution in [2.24, 2.45) is 0 Å². The van der Waals surface area contributed by atoms with Crippen molar-refractivity contribution >= 4 is 12.4 Å². The van der Waals surface area contributed by atoms with Crippen molar-refractivity contribution in [1.29, 1.82) is 0 Å². The van der Waals surface area contributed by atoms with Crippen LogP contribution in [0.5, 0.6) is 5.75 Å². The van der Waals surface area contributed by atoms with E-state index < -0.39 is 0 Å². The fourth-order valence-corrected chi connectivity index (χ4v) is 2.93. The Kier molecular flexibility index (Phi) is 7.49. The minimum absolute atomic E-state index is 0. The Hall–Kier alpha value is -1.63. The lowest BCUT2D eigenvalue weighted by atomic mass is 10.0. The lowest BCUT2D eigenvalue weighted by Crippen LogP contribution is -2.36. The summed E-state index contributed by atoms with van der Waals surface area (Å²) in [6.07, 6.45) is 5.52. The molecule has 0 atom stereocenters. The zero-order valence-electron chi connectivity index (χ0n) is 14.1. The van der Waals surface area contributed by atoms with E-state index in [1.165, 1.54) is 5.56 Å². The molecular weight excluding hydrogens is 328 g/mol. The minimum Gasteiger partial charge on any atom is -0.496 e. The molecular formula is C17H25ClN4O2. The van der Waals surface area contributed by atoms with Gasteiger partial charge in [-0.1, -0.05) is 12.1 Å². The molecule has 7 heteroatoms. The topological polar surface area (TPSA) is 52.4 Å². The summed E-state index contributed by atoms with van der Waals surface area (Å²) in [5.74, 6) is 0.900. The number of rotatable bonds is 7. The van der Waals surface area contributed by atoms with Gasteiger partial charge in [0.25, 0.3) is 0 Å². The molecule has 0 bridgehead atoms. The second kappa shape index (κ2) is 9.61. The van der Waals surface area contributed by atoms with E-state index in [9.17, 15) is 0 Å². The van der Waals surface area contributed by atoms with Crippen LogP contribution in [-0.4, -0.2) is 59.6 Å². The molecule has 0 N–H and O–H groups in total. The highest BCUT2D eigenvalue weighted by Gasteiger charge is 2.10. The number of benzene rings is 1. The summed E-state index contributed by atoms with van der Waals surface area (Å²) >= 11 is 0. The molecule has 0 aliphatic carbocycles. The van der Waals surface area contributed by atoms with Gasteiger partial charge in [0.1, 0.15) is 18.4 Å². The first-order valence-electron chi connectivity index (χ1n) is 8.13. The highest BCUT2D eigenvalue weighted by Crippen LogP contribution is 2.21. The van der Waals surface area contributed by atoms with Crippen molar-refractivity contribution < 1.29 is 9.47 Å². The first-order chi connectivity index (χ1) is 11.3. The van der Waals surface area contributed by atoms with E-state index in [2.05, 4.69) is 33.2 Å². The number of ether oxygens (including phenoxy) is 2. The Bertz CT molecular complexity index is 601. The number of aromatic nitrogens is 3. The molecule has 1 aromatic heterocycles. The van der Waals surface area contributed by atoms with Crippen LogP contribution < -0.4 is 4.74 Å². The van der Waals surface area contributed by atoms with Gasteiger partial charge in [0.05, 0.1) is 26.9 Å². The number of aryl methyl sites for hydroxylation is 1. The van der Waals surface area contributed by atoms with Gasteiger partial charge in [0.15, 0.2) is 0 Å². The molecule has 2 heterocycles. The van der Waals surface area contributed by atoms with Crippen LogP contribution in [0.25, 0.3) is 0 Å². The van der Waals surface area contributed by atoms with Crippen LogP contribution in [-0.2, 0) is 17.7 Å². The van der Waals surface area contributed by atoms with Crippen LogP contribution in [0.1, 0.15) is 17.5 Å². The normalized spacial score (nSPS) is 15.0. The molecule has 3 rings (SSSR count). The van der Waals surface area contributed by atoms with Crippen molar-refractivity contribution in [3.63, 3.8) is 0 Å². The van der Waals surface area contributed by atoms with Gasteiger partial charge in [-0.2, -0.15) is 5.10 Å². The predicted octanol–water partition coefficient (Wildman–Crippen LogP) is 2.02. The van der Waals surface area contributed by atoms with E-state index in [0.717, 1.165) is 57.0 Å². The molecule has 1 saturated heterocycles. The van der Waals surface area contributed by atoms with E-state index in [4.69, 9.17) is 9.47 Å². The first-order valence-corrected chi connectivity index (χ1v) is 8.13. The molecule has 0 saturated carbocycles. The van der Waals surface area contributed by atoms with Gasteiger partial charge in [-0.05, 0) is 31.0 Å². The predicted molar refractivity (Wildman–Crippen MR) is 94.9 cm³/mol. The van der Waals surface area contributed by atoms with E-state index in [1.54, 1.807) is 19.8 Å². The van der Waals surface area contributed by atoms with E-state index in [1.807, 2.05) is 4.68 Å². The summed E-state index contributed by atoms with van der Waals surface area (Å²) in [4.78, 5) is 6.47. The van der Waals surface area contributed by atoms with Gasteiger partial charge < -0.3 is 9.47 Å². The Labute approximate surface area is 149 Å². The highest BCUT2D eigenvalue weighted by atomic mass is 35.5. The lowest BCUT2D eigenvalue weighted by Gasteiger charge is -2.26. The number of hydrogen-bond acceptors (Lipinski definition) is 5. The number of halogens is 1. The van der Waals surface area contributed by atoms with Crippen molar-refractivity contribution in [3.05, 3.63) is 42.0 Å². The number of methoxy groups -OCH3 is 1. The molecule has 2 aromatic rings. The largest absolute Gasteiger partial charge is 0.496 e. The molecule has 0 unspecified atom stereocenters. The molecule has 6 nitrogen and oxygen atoms in total. The molecule has 132 valence electrons. The summed E-state index contributed by atoms with van der Waals surface area (Å²) in [5, 5.41) is 4.17. The van der Waals surface area contributed by atoms with Crippen LogP contribution in [0.3, 0.4) is 0 Å². The summed E-state index contributed by atoms with van der Waals surface area (Å²) in [5.41, 5.74) is 2.48. The summed E-state index contributed by atoms with van der Waals surface area (Å²) < 4.78 is 12.7. The van der Waals surface area contributed by atoms with Crippen molar-refractivity contribution in [1.82, 2.24) is 19.7 Å². The van der Waals surface area contributed by atoms with Crippen molar-refractivity contribution in [3.8, 4) is 5.75 Å². The maximum absolute atomic E-state index is 5.47. The van der Waals surface area contributed by atoms with Gasteiger partial charge in [-0.25, -0.2) is 9.67 Å². The molecule has 1 aromatic carbocycles. The van der Waals surface area contributed by atoms with Gasteiger partial charge in [-0.15, -0.1) is 12.4 Å². The summed E-state index contributed by atoms with van der Waals surface area (Å²) in [7, 11) is 1.71. The Morgan fingerprint density at radius 3 is 2.79 bits per heavy atom. The fraction of sp³-hybridized carbons (Fsp3) is 0.529. The molecule has 1 aliphatic heterocycles. The van der Waals surface area contributed by atoms with Crippen molar-refractivity contribution in [2.75, 3.05) is 40.0 Å². The van der Waals surface area contributed by atoms with Crippen LogP contribution in [0.15, 0.2) is 30.9 Å². The summed E-state index contributed by atoms with van der Waals surface area (Å²) in [6.45, 7) is 5.66. The van der Waals surface area contributed by atoms with Gasteiger partial charge in [-0.3, -0.25) is 4.90 Å². The summed E-state index contributed by atoms with van der Waals surface area (Å²) in [6, 6.07) is 6.43. The third-order valence-corrected chi connectivity index (χ3v) is 4.19.